The minimum atomic E-state index is -4.01. The third kappa shape index (κ3) is 5.53. The topological polar surface area (TPSA) is 110 Å². The van der Waals surface area contributed by atoms with Gasteiger partial charge in [-0.25, -0.2) is 8.42 Å². The van der Waals surface area contributed by atoms with E-state index in [0.29, 0.717) is 6.54 Å². The zero-order valence-electron chi connectivity index (χ0n) is 15.6. The van der Waals surface area contributed by atoms with Gasteiger partial charge in [0.2, 0.25) is 5.91 Å². The van der Waals surface area contributed by atoms with E-state index in [9.17, 15) is 23.3 Å². The summed E-state index contributed by atoms with van der Waals surface area (Å²) in [4.78, 5) is 22.6. The van der Waals surface area contributed by atoms with Gasteiger partial charge in [0.1, 0.15) is 6.54 Å². The molecule has 1 N–H and O–H groups in total. The third-order valence-corrected chi connectivity index (χ3v) is 5.86. The second-order valence-corrected chi connectivity index (χ2v) is 8.02. The van der Waals surface area contributed by atoms with Crippen LogP contribution in [-0.4, -0.2) is 32.3 Å². The van der Waals surface area contributed by atoms with Crippen molar-refractivity contribution >= 4 is 27.3 Å². The Labute approximate surface area is 164 Å². The molecule has 0 radical (unpaired) electrons. The molecule has 28 heavy (non-hydrogen) atoms. The quantitative estimate of drug-likeness (QED) is 0.371. The average molecular weight is 405 g/mol. The van der Waals surface area contributed by atoms with Gasteiger partial charge in [-0.2, -0.15) is 0 Å². The molecule has 0 aromatic heterocycles. The number of nitrogens with one attached hydrogen (secondary N) is 1. The van der Waals surface area contributed by atoms with Crippen molar-refractivity contribution in [1.29, 1.82) is 0 Å². The monoisotopic (exact) mass is 405 g/mol. The van der Waals surface area contributed by atoms with Gasteiger partial charge in [0.25, 0.3) is 15.7 Å². The number of hydrogen-bond acceptors (Lipinski definition) is 5. The molecule has 2 rings (SSSR count). The summed E-state index contributed by atoms with van der Waals surface area (Å²) in [5.74, 6) is -0.436. The molecule has 9 heteroatoms. The number of benzene rings is 2. The fourth-order valence-corrected chi connectivity index (χ4v) is 4.01. The summed E-state index contributed by atoms with van der Waals surface area (Å²) < 4.78 is 27.1. The van der Waals surface area contributed by atoms with Gasteiger partial charge in [-0.1, -0.05) is 38.0 Å². The summed E-state index contributed by atoms with van der Waals surface area (Å²) in [6.45, 7) is 2.10. The zero-order valence-corrected chi connectivity index (χ0v) is 16.4. The number of anilines is 1. The summed E-state index contributed by atoms with van der Waals surface area (Å²) in [6, 6.07) is 12.8. The molecule has 0 atom stereocenters. The van der Waals surface area contributed by atoms with Crippen LogP contribution in [0.5, 0.6) is 0 Å². The van der Waals surface area contributed by atoms with Crippen LogP contribution in [0.25, 0.3) is 0 Å². The van der Waals surface area contributed by atoms with Crippen LogP contribution >= 0.6 is 0 Å². The van der Waals surface area contributed by atoms with Gasteiger partial charge in [0.05, 0.1) is 15.5 Å². The first-order valence-corrected chi connectivity index (χ1v) is 10.4. The number of hydrogen-bond donors (Lipinski definition) is 1. The van der Waals surface area contributed by atoms with E-state index >= 15 is 0 Å². The molecule has 0 bridgehead atoms. The van der Waals surface area contributed by atoms with Crippen molar-refractivity contribution in [2.24, 2.45) is 0 Å². The fourth-order valence-electron chi connectivity index (χ4n) is 2.56. The van der Waals surface area contributed by atoms with E-state index < -0.39 is 27.4 Å². The van der Waals surface area contributed by atoms with Gasteiger partial charge in [0, 0.05) is 18.7 Å². The van der Waals surface area contributed by atoms with Crippen LogP contribution in [0.2, 0.25) is 0 Å². The Bertz CT molecular complexity index is 899. The zero-order chi connectivity index (χ0) is 20.6. The number of amides is 1. The second-order valence-electron chi connectivity index (χ2n) is 6.16. The number of rotatable bonds is 10. The van der Waals surface area contributed by atoms with E-state index in [1.165, 1.54) is 36.4 Å². The molecule has 2 aromatic rings. The largest absolute Gasteiger partial charge is 0.355 e. The number of unbranched alkanes of at least 4 members (excludes halogenated alkanes) is 2. The summed E-state index contributed by atoms with van der Waals surface area (Å²) in [5.41, 5.74) is 0.0167. The average Bonchev–Trinajstić information content (AvgIpc) is 2.70. The molecule has 0 aliphatic heterocycles. The Hall–Kier alpha value is -2.94. The molecule has 0 unspecified atom stereocenters. The predicted molar refractivity (Wildman–Crippen MR) is 107 cm³/mol. The number of nitro groups is 1. The van der Waals surface area contributed by atoms with Crippen LogP contribution in [0.1, 0.15) is 26.2 Å². The van der Waals surface area contributed by atoms with Crippen molar-refractivity contribution in [3.05, 3.63) is 64.7 Å². The number of non-ortho nitro benzene ring substituents is 1. The van der Waals surface area contributed by atoms with Crippen LogP contribution in [0, 0.1) is 10.1 Å². The van der Waals surface area contributed by atoms with E-state index in [2.05, 4.69) is 5.32 Å². The van der Waals surface area contributed by atoms with Crippen LogP contribution in [0.4, 0.5) is 11.4 Å². The van der Waals surface area contributed by atoms with Crippen molar-refractivity contribution in [3.63, 3.8) is 0 Å². The van der Waals surface area contributed by atoms with Crippen LogP contribution in [-0.2, 0) is 14.8 Å². The minimum absolute atomic E-state index is 0.0344. The molecule has 150 valence electrons. The number of sulfonamides is 1. The summed E-state index contributed by atoms with van der Waals surface area (Å²) >= 11 is 0. The van der Waals surface area contributed by atoms with E-state index in [4.69, 9.17) is 0 Å². The lowest BCUT2D eigenvalue weighted by atomic mass is 10.2. The number of nitrogens with zero attached hydrogens (tertiary/aromatic N) is 2. The minimum Gasteiger partial charge on any atom is -0.355 e. The molecule has 8 nitrogen and oxygen atoms in total. The number of nitro benzene ring substituents is 1. The van der Waals surface area contributed by atoms with Crippen LogP contribution in [0.15, 0.2) is 59.5 Å². The first-order chi connectivity index (χ1) is 13.4. The standard InChI is InChI=1S/C19H23N3O5S/c1-2-3-7-14-20-19(23)15-21(16-10-12-17(13-11-16)22(24)25)28(26,27)18-8-5-4-6-9-18/h4-6,8-13H,2-3,7,14-15H2,1H3,(H,20,23). The molecule has 0 aliphatic rings. The highest BCUT2D eigenvalue weighted by Crippen LogP contribution is 2.25. The van der Waals surface area contributed by atoms with Crippen molar-refractivity contribution in [1.82, 2.24) is 5.32 Å². The Morgan fingerprint density at radius 1 is 1.07 bits per heavy atom. The first-order valence-electron chi connectivity index (χ1n) is 8.95. The van der Waals surface area contributed by atoms with Gasteiger partial charge in [-0.3, -0.25) is 19.2 Å². The number of carbonyl (C=O) groups excluding carboxylic acids is 1. The maximum absolute atomic E-state index is 13.1. The normalized spacial score (nSPS) is 11.0. The van der Waals surface area contributed by atoms with Gasteiger partial charge < -0.3 is 5.32 Å². The summed E-state index contributed by atoms with van der Waals surface area (Å²) in [5, 5.41) is 13.6. The van der Waals surface area contributed by atoms with Crippen molar-refractivity contribution < 1.29 is 18.1 Å². The highest BCUT2D eigenvalue weighted by Gasteiger charge is 2.27. The van der Waals surface area contributed by atoms with Crippen molar-refractivity contribution in [3.8, 4) is 0 Å². The fraction of sp³-hybridized carbons (Fsp3) is 0.316. The van der Waals surface area contributed by atoms with Crippen molar-refractivity contribution in [2.75, 3.05) is 17.4 Å². The Morgan fingerprint density at radius 2 is 1.71 bits per heavy atom. The molecular formula is C19H23N3O5S. The Kier molecular flexibility index (Phi) is 7.51. The lowest BCUT2D eigenvalue weighted by molar-refractivity contribution is -0.384. The molecule has 0 spiro atoms. The maximum Gasteiger partial charge on any atom is 0.269 e. The Morgan fingerprint density at radius 3 is 2.29 bits per heavy atom. The summed E-state index contributed by atoms with van der Waals surface area (Å²) in [6.07, 6.45) is 2.78. The molecule has 0 fully saturated rings. The van der Waals surface area contributed by atoms with E-state index in [0.717, 1.165) is 23.6 Å². The highest BCUT2D eigenvalue weighted by atomic mass is 32.2. The highest BCUT2D eigenvalue weighted by molar-refractivity contribution is 7.92. The predicted octanol–water partition coefficient (Wildman–Crippen LogP) is 3.10. The molecule has 1 amide bonds. The van der Waals surface area contributed by atoms with Crippen LogP contribution in [0.3, 0.4) is 0 Å². The SMILES string of the molecule is CCCCCNC(=O)CN(c1ccc([N+](=O)[O-])cc1)S(=O)(=O)c1ccccc1. The second kappa shape index (κ2) is 9.84. The molecule has 0 heterocycles. The first kappa shape index (κ1) is 21.4. The lowest BCUT2D eigenvalue weighted by Crippen LogP contribution is -2.41. The smallest absolute Gasteiger partial charge is 0.269 e. The van der Waals surface area contributed by atoms with Gasteiger partial charge in [0.15, 0.2) is 0 Å². The van der Waals surface area contributed by atoms with Gasteiger partial charge in [-0.05, 0) is 30.7 Å². The summed E-state index contributed by atoms with van der Waals surface area (Å²) in [7, 11) is -4.01. The molecular weight excluding hydrogens is 382 g/mol. The molecule has 2 aromatic carbocycles. The van der Waals surface area contributed by atoms with Crippen LogP contribution < -0.4 is 9.62 Å². The number of carbonyl (C=O) groups is 1. The third-order valence-electron chi connectivity index (χ3n) is 4.07. The van der Waals surface area contributed by atoms with Gasteiger partial charge >= 0.3 is 0 Å². The molecule has 0 saturated carbocycles. The van der Waals surface area contributed by atoms with E-state index in [1.54, 1.807) is 18.2 Å². The maximum atomic E-state index is 13.1. The van der Waals surface area contributed by atoms with E-state index in [1.807, 2.05) is 6.92 Å². The van der Waals surface area contributed by atoms with Gasteiger partial charge in [-0.15, -0.1) is 0 Å². The van der Waals surface area contributed by atoms with E-state index in [-0.39, 0.29) is 16.3 Å². The lowest BCUT2D eigenvalue weighted by Gasteiger charge is -2.24. The molecule has 0 saturated heterocycles. The Balaban J connectivity index is 2.30. The molecule has 0 aliphatic carbocycles. The van der Waals surface area contributed by atoms with Crippen molar-refractivity contribution in [2.45, 2.75) is 31.1 Å².